The van der Waals surface area contributed by atoms with Crippen LogP contribution in [0.25, 0.3) is 0 Å². The Kier molecular flexibility index (Phi) is 8.04. The lowest BCUT2D eigenvalue weighted by molar-refractivity contribution is -0.129. The van der Waals surface area contributed by atoms with Crippen LogP contribution in [0.2, 0.25) is 0 Å². The second-order valence-corrected chi connectivity index (χ2v) is 10.7. The largest absolute Gasteiger partial charge is 0.388 e. The van der Waals surface area contributed by atoms with Gasteiger partial charge in [-0.3, -0.25) is 4.79 Å². The topological polar surface area (TPSA) is 86.7 Å². The van der Waals surface area contributed by atoms with Crippen LogP contribution in [0.1, 0.15) is 36.5 Å². The molecule has 1 aliphatic carbocycles. The van der Waals surface area contributed by atoms with Gasteiger partial charge in [0, 0.05) is 11.3 Å². The SMILES string of the molecule is CS(=O)(=O)NCC#Cc1ccc(N2C(=O)C(CC[C@H](O)c3ccc(F)cc3)C2C2=CC[CH]C=C2)cc1. The summed E-state index contributed by atoms with van der Waals surface area (Å²) in [5.74, 6) is 5.04. The highest BCUT2D eigenvalue weighted by Gasteiger charge is 2.48. The molecule has 36 heavy (non-hydrogen) atoms. The van der Waals surface area contributed by atoms with Crippen molar-refractivity contribution in [1.29, 1.82) is 0 Å². The van der Waals surface area contributed by atoms with Crippen LogP contribution in [0.15, 0.2) is 72.3 Å². The number of sulfonamides is 1. The summed E-state index contributed by atoms with van der Waals surface area (Å²) in [5.41, 5.74) is 3.16. The van der Waals surface area contributed by atoms with Gasteiger partial charge in [-0.05, 0) is 73.2 Å². The number of carbonyl (C=O) groups excluding carboxylic acids is 1. The fourth-order valence-electron chi connectivity index (χ4n) is 4.46. The molecule has 187 valence electrons. The van der Waals surface area contributed by atoms with E-state index in [1.807, 2.05) is 30.7 Å². The minimum absolute atomic E-state index is 0.00801. The average Bonchev–Trinajstić information content (AvgIpc) is 2.86. The van der Waals surface area contributed by atoms with Gasteiger partial charge in [-0.2, -0.15) is 0 Å². The first-order valence-corrected chi connectivity index (χ1v) is 13.6. The van der Waals surface area contributed by atoms with Crippen LogP contribution < -0.4 is 9.62 Å². The quantitative estimate of drug-likeness (QED) is 0.422. The molecule has 8 heteroatoms. The molecule has 0 spiro atoms. The van der Waals surface area contributed by atoms with Gasteiger partial charge in [0.1, 0.15) is 5.82 Å². The van der Waals surface area contributed by atoms with Crippen molar-refractivity contribution >= 4 is 21.6 Å². The molecular weight excluding hydrogens is 479 g/mol. The van der Waals surface area contributed by atoms with E-state index in [-0.39, 0.29) is 30.2 Å². The number of hydrogen-bond acceptors (Lipinski definition) is 4. The summed E-state index contributed by atoms with van der Waals surface area (Å²) in [6, 6.07) is 12.9. The van der Waals surface area contributed by atoms with Crippen molar-refractivity contribution in [2.75, 3.05) is 17.7 Å². The van der Waals surface area contributed by atoms with E-state index in [4.69, 9.17) is 0 Å². The van der Waals surface area contributed by atoms with E-state index in [1.165, 1.54) is 12.1 Å². The average molecular weight is 508 g/mol. The Balaban J connectivity index is 1.46. The summed E-state index contributed by atoms with van der Waals surface area (Å²) in [6.45, 7) is 0.0240. The van der Waals surface area contributed by atoms with E-state index < -0.39 is 16.1 Å². The van der Waals surface area contributed by atoms with E-state index in [0.29, 0.717) is 24.0 Å². The Hall–Kier alpha value is -3.25. The van der Waals surface area contributed by atoms with E-state index >= 15 is 0 Å². The number of nitrogens with zero attached hydrogens (tertiary/aromatic N) is 1. The lowest BCUT2D eigenvalue weighted by Crippen LogP contribution is -2.62. The molecule has 2 N–H and O–H groups in total. The number of carbonyl (C=O) groups is 1. The smallest absolute Gasteiger partial charge is 0.233 e. The van der Waals surface area contributed by atoms with Gasteiger partial charge in [0.05, 0.1) is 30.9 Å². The Morgan fingerprint density at radius 1 is 1.17 bits per heavy atom. The maximum absolute atomic E-state index is 13.2. The maximum Gasteiger partial charge on any atom is 0.233 e. The number of rotatable bonds is 8. The molecular formula is C28H28FN2O4S. The van der Waals surface area contributed by atoms with Crippen molar-refractivity contribution in [2.24, 2.45) is 5.92 Å². The highest BCUT2D eigenvalue weighted by Crippen LogP contribution is 2.41. The van der Waals surface area contributed by atoms with Crippen molar-refractivity contribution in [1.82, 2.24) is 4.72 Å². The number of aliphatic hydroxyl groups excluding tert-OH is 1. The second-order valence-electron chi connectivity index (χ2n) is 8.88. The third-order valence-electron chi connectivity index (χ3n) is 6.28. The standard InChI is InChI=1S/C28H28FN2O4S/c1-36(34,35)30-19-5-6-20-9-15-24(16-10-20)31-27(22-7-3-2-4-8-22)25(28(31)33)17-18-26(32)21-11-13-23(29)14-12-21/h2-3,7-16,25-27,30,32H,4,17-19H2,1H3/t25?,26-,27?/m0/s1. The number of halogens is 1. The van der Waals surface area contributed by atoms with Gasteiger partial charge >= 0.3 is 0 Å². The van der Waals surface area contributed by atoms with E-state index in [9.17, 15) is 22.7 Å². The monoisotopic (exact) mass is 507 g/mol. The summed E-state index contributed by atoms with van der Waals surface area (Å²) < 4.78 is 37.8. The molecule has 1 aliphatic heterocycles. The van der Waals surface area contributed by atoms with Gasteiger partial charge < -0.3 is 10.0 Å². The molecule has 1 fully saturated rings. The molecule has 2 aliphatic rings. The molecule has 1 heterocycles. The first kappa shape index (κ1) is 25.8. The number of benzene rings is 2. The molecule has 0 saturated carbocycles. The van der Waals surface area contributed by atoms with Crippen molar-refractivity contribution in [3.05, 3.63) is 95.7 Å². The molecule has 2 aromatic rings. The van der Waals surface area contributed by atoms with Gasteiger partial charge in [-0.1, -0.05) is 42.2 Å². The van der Waals surface area contributed by atoms with Gasteiger partial charge in [-0.25, -0.2) is 17.5 Å². The fourth-order valence-corrected chi connectivity index (χ4v) is 4.79. The molecule has 4 rings (SSSR count). The van der Waals surface area contributed by atoms with Crippen LogP contribution in [0.5, 0.6) is 0 Å². The summed E-state index contributed by atoms with van der Waals surface area (Å²) >= 11 is 0. The van der Waals surface area contributed by atoms with Crippen molar-refractivity contribution in [2.45, 2.75) is 31.4 Å². The number of β-lactam (4-membered cyclic amide) rings is 1. The molecule has 1 radical (unpaired) electrons. The van der Waals surface area contributed by atoms with Crippen LogP contribution in [0.3, 0.4) is 0 Å². The van der Waals surface area contributed by atoms with Gasteiger partial charge in [-0.15, -0.1) is 0 Å². The fraction of sp³-hybridized carbons (Fsp3) is 0.286. The summed E-state index contributed by atoms with van der Waals surface area (Å²) in [6.07, 6.45) is 10.2. The van der Waals surface area contributed by atoms with Crippen LogP contribution >= 0.6 is 0 Å². The number of aliphatic hydroxyl groups is 1. The number of hydrogen-bond donors (Lipinski definition) is 2. The molecule has 0 bridgehead atoms. The van der Waals surface area contributed by atoms with Gasteiger partial charge in [0.25, 0.3) is 0 Å². The third kappa shape index (κ3) is 6.30. The predicted octanol–water partition coefficient (Wildman–Crippen LogP) is 3.66. The number of nitrogens with one attached hydrogen (secondary N) is 1. The lowest BCUT2D eigenvalue weighted by atomic mass is 9.76. The Morgan fingerprint density at radius 2 is 1.89 bits per heavy atom. The second kappa shape index (κ2) is 11.2. The number of anilines is 1. The zero-order valence-corrected chi connectivity index (χ0v) is 20.7. The molecule has 6 nitrogen and oxygen atoms in total. The molecule has 0 aromatic heterocycles. The minimum Gasteiger partial charge on any atom is -0.388 e. The summed E-state index contributed by atoms with van der Waals surface area (Å²) in [4.78, 5) is 15.0. The summed E-state index contributed by atoms with van der Waals surface area (Å²) in [5, 5.41) is 10.6. The summed E-state index contributed by atoms with van der Waals surface area (Å²) in [7, 11) is -3.29. The van der Waals surface area contributed by atoms with Crippen LogP contribution in [0.4, 0.5) is 10.1 Å². The number of allylic oxidation sites excluding steroid dienone is 2. The molecule has 2 aromatic carbocycles. The van der Waals surface area contributed by atoms with Crippen molar-refractivity contribution in [3.63, 3.8) is 0 Å². The minimum atomic E-state index is -3.29. The first-order valence-electron chi connectivity index (χ1n) is 11.7. The van der Waals surface area contributed by atoms with Gasteiger partial charge in [0.2, 0.25) is 15.9 Å². The Labute approximate surface area is 211 Å². The number of amides is 1. The van der Waals surface area contributed by atoms with E-state index in [1.54, 1.807) is 29.2 Å². The van der Waals surface area contributed by atoms with Crippen molar-refractivity contribution < 1.29 is 22.7 Å². The van der Waals surface area contributed by atoms with Crippen LogP contribution in [-0.4, -0.2) is 38.3 Å². The molecule has 1 amide bonds. The predicted molar refractivity (Wildman–Crippen MR) is 138 cm³/mol. The normalized spacial score (nSPS) is 20.2. The lowest BCUT2D eigenvalue weighted by Gasteiger charge is -2.48. The molecule has 1 saturated heterocycles. The Morgan fingerprint density at radius 3 is 2.53 bits per heavy atom. The van der Waals surface area contributed by atoms with Gasteiger partial charge in [0.15, 0.2) is 0 Å². The zero-order chi connectivity index (χ0) is 25.7. The van der Waals surface area contributed by atoms with Crippen LogP contribution in [0, 0.1) is 30.0 Å². The Bertz CT molecular complexity index is 1320. The third-order valence-corrected chi connectivity index (χ3v) is 6.95. The zero-order valence-electron chi connectivity index (χ0n) is 19.9. The molecule has 2 unspecified atom stereocenters. The molecule has 3 atom stereocenters. The van der Waals surface area contributed by atoms with E-state index in [2.05, 4.69) is 22.6 Å². The van der Waals surface area contributed by atoms with E-state index in [0.717, 1.165) is 23.9 Å². The highest BCUT2D eigenvalue weighted by molar-refractivity contribution is 7.88. The highest BCUT2D eigenvalue weighted by atomic mass is 32.2. The first-order chi connectivity index (χ1) is 17.2. The van der Waals surface area contributed by atoms with Crippen molar-refractivity contribution in [3.8, 4) is 11.8 Å². The maximum atomic E-state index is 13.2. The van der Waals surface area contributed by atoms with Crippen LogP contribution in [-0.2, 0) is 14.8 Å².